The molecule has 0 amide bonds. The zero-order valence-electron chi connectivity index (χ0n) is 11.0. The number of thiol groups is 1. The predicted octanol–water partition coefficient (Wildman–Crippen LogP) is 0.427. The van der Waals surface area contributed by atoms with Crippen molar-refractivity contribution in [3.8, 4) is 0 Å². The van der Waals surface area contributed by atoms with E-state index >= 15 is 0 Å². The number of aromatic nitrogens is 4. The van der Waals surface area contributed by atoms with Crippen molar-refractivity contribution in [2.45, 2.75) is 25.2 Å². The van der Waals surface area contributed by atoms with Crippen LogP contribution in [0.4, 0.5) is 5.82 Å². The van der Waals surface area contributed by atoms with Crippen molar-refractivity contribution in [1.82, 2.24) is 19.5 Å². The van der Waals surface area contributed by atoms with Gasteiger partial charge in [0.25, 0.3) is 0 Å². The van der Waals surface area contributed by atoms with E-state index in [0.29, 0.717) is 17.0 Å². The average Bonchev–Trinajstić information content (AvgIpc) is 3.02. The van der Waals surface area contributed by atoms with Gasteiger partial charge in [-0.3, -0.25) is 0 Å². The summed E-state index contributed by atoms with van der Waals surface area (Å²) in [4.78, 5) is 30.5. The Kier molecular flexibility index (Phi) is 4.00. The third-order valence-electron chi connectivity index (χ3n) is 3.25. The molecule has 0 aromatic carbocycles. The van der Waals surface area contributed by atoms with Crippen LogP contribution in [0.15, 0.2) is 12.7 Å². The molecule has 3 heterocycles. The molecule has 0 radical (unpaired) electrons. The zero-order valence-corrected chi connectivity index (χ0v) is 12.8. The Morgan fingerprint density at radius 2 is 2.24 bits per heavy atom. The van der Waals surface area contributed by atoms with Gasteiger partial charge in [-0.25, -0.2) is 0 Å². The Morgan fingerprint density at radius 1 is 1.43 bits per heavy atom. The van der Waals surface area contributed by atoms with Crippen LogP contribution in [-0.4, -0.2) is 42.0 Å². The second-order valence-corrected chi connectivity index (χ2v) is 7.94. The molecule has 0 spiro atoms. The van der Waals surface area contributed by atoms with Gasteiger partial charge in [-0.1, -0.05) is 0 Å². The van der Waals surface area contributed by atoms with Gasteiger partial charge in [0, 0.05) is 0 Å². The van der Waals surface area contributed by atoms with Crippen LogP contribution < -0.4 is 5.73 Å². The van der Waals surface area contributed by atoms with Crippen molar-refractivity contribution < 1.29 is 19.0 Å². The van der Waals surface area contributed by atoms with Crippen LogP contribution in [0.3, 0.4) is 0 Å². The number of nitrogens with zero attached hydrogens (tertiary/aromatic N) is 4. The summed E-state index contributed by atoms with van der Waals surface area (Å²) in [6.07, 6.45) is 3.98. The molecule has 0 bridgehead atoms. The van der Waals surface area contributed by atoms with Crippen molar-refractivity contribution >= 4 is 36.4 Å². The van der Waals surface area contributed by atoms with Crippen LogP contribution in [0.25, 0.3) is 11.2 Å². The molecule has 0 saturated carbocycles. The van der Waals surface area contributed by atoms with Gasteiger partial charge in [0.15, 0.2) is 0 Å². The van der Waals surface area contributed by atoms with E-state index in [1.54, 1.807) is 10.9 Å². The Balaban J connectivity index is 1.72. The minimum absolute atomic E-state index is 0.0863. The third-order valence-corrected chi connectivity index (χ3v) is 4.19. The summed E-state index contributed by atoms with van der Waals surface area (Å²) in [7, 11) is -3.81. The van der Waals surface area contributed by atoms with E-state index in [-0.39, 0.29) is 18.9 Å². The van der Waals surface area contributed by atoms with Gasteiger partial charge in [-0.2, -0.15) is 0 Å². The Morgan fingerprint density at radius 3 is 3.00 bits per heavy atom. The minimum atomic E-state index is -3.81. The first-order chi connectivity index (χ1) is 9.94. The fourth-order valence-electron chi connectivity index (χ4n) is 2.30. The van der Waals surface area contributed by atoms with Crippen LogP contribution in [0.5, 0.6) is 0 Å². The first-order valence-corrected chi connectivity index (χ1v) is 9.43. The Hall–Kier alpha value is -1.03. The summed E-state index contributed by atoms with van der Waals surface area (Å²) in [6.45, 7) is 0.0863. The summed E-state index contributed by atoms with van der Waals surface area (Å²) in [5.74, 6) is 0.322. The normalized spacial score (nSPS) is 23.8. The van der Waals surface area contributed by atoms with Crippen molar-refractivity contribution in [1.29, 1.82) is 0 Å². The molecule has 0 unspecified atom stereocenters. The molecule has 21 heavy (non-hydrogen) atoms. The number of fused-ring (bicyclic) bond motifs is 1. The molecule has 2 aromatic heterocycles. The second-order valence-electron chi connectivity index (χ2n) is 4.76. The van der Waals surface area contributed by atoms with Crippen LogP contribution >= 0.6 is 19.4 Å². The van der Waals surface area contributed by atoms with Crippen LogP contribution in [0.2, 0.25) is 0 Å². The molecule has 1 aliphatic rings. The van der Waals surface area contributed by atoms with Gasteiger partial charge in [-0.15, -0.1) is 0 Å². The summed E-state index contributed by atoms with van der Waals surface area (Å²) < 4.78 is 12.5. The Labute approximate surface area is 125 Å². The molecule has 1 saturated heterocycles. The van der Waals surface area contributed by atoms with Gasteiger partial charge in [0.05, 0.1) is 0 Å². The van der Waals surface area contributed by atoms with Crippen molar-refractivity contribution in [2.24, 2.45) is 0 Å². The molecule has 3 rings (SSSR count). The summed E-state index contributed by atoms with van der Waals surface area (Å²) in [6, 6.07) is 0. The molecule has 2 atom stereocenters. The maximum atomic E-state index is 9.13. The Bertz CT molecular complexity index is 648. The summed E-state index contributed by atoms with van der Waals surface area (Å²) >= 11 is 3.60. The molecule has 0 aliphatic carbocycles. The number of nitrogen functional groups attached to an aromatic ring is 1. The molecule has 1 aliphatic heterocycles. The molecule has 9 nitrogen and oxygen atoms in total. The molecule has 1 fully saturated rings. The number of hydrogen-bond donors (Lipinski definition) is 4. The van der Waals surface area contributed by atoms with Gasteiger partial charge >= 0.3 is 125 Å². The molecule has 2 aromatic rings. The van der Waals surface area contributed by atoms with E-state index in [1.807, 2.05) is 0 Å². The third kappa shape index (κ3) is 3.25. The fraction of sp³-hybridized carbons (Fsp3) is 0.500. The van der Waals surface area contributed by atoms with E-state index in [4.69, 9.17) is 24.8 Å². The van der Waals surface area contributed by atoms with Gasteiger partial charge < -0.3 is 0 Å². The SMILES string of the molecule is Nc1ncnc2c1ncn2[C@H]1CC[C@@H](CO[PH](O)(O)S)O1. The number of imidazole rings is 1. The van der Waals surface area contributed by atoms with Gasteiger partial charge in [0.1, 0.15) is 0 Å². The van der Waals surface area contributed by atoms with Crippen LogP contribution in [0, 0.1) is 0 Å². The molecule has 4 N–H and O–H groups in total. The topological polar surface area (TPSA) is 129 Å². The molecular formula is C10H16N5O4PS. The average molecular weight is 333 g/mol. The molecular weight excluding hydrogens is 317 g/mol. The van der Waals surface area contributed by atoms with E-state index < -0.39 is 7.15 Å². The van der Waals surface area contributed by atoms with E-state index in [0.717, 1.165) is 12.8 Å². The standard InChI is InChI=1S/C10H16N5O4PS/c11-9-8-10(13-4-12-9)15(5-14-8)7-2-1-6(19-7)3-18-20(16,17)21/h4-7,16-17,20-21H,1-3H2,(H2,11,12,13)/t6-,7+/m0/s1. The fourth-order valence-corrected chi connectivity index (χ4v) is 2.93. The number of nitrogens with two attached hydrogens (primary N) is 1. The van der Waals surface area contributed by atoms with Crippen LogP contribution in [-0.2, 0) is 9.26 Å². The number of anilines is 1. The number of ether oxygens (including phenoxy) is 1. The molecule has 116 valence electrons. The summed E-state index contributed by atoms with van der Waals surface area (Å²) in [5, 5.41) is 0. The zero-order chi connectivity index (χ0) is 15.0. The summed E-state index contributed by atoms with van der Waals surface area (Å²) in [5.41, 5.74) is 6.89. The monoisotopic (exact) mass is 333 g/mol. The van der Waals surface area contributed by atoms with Crippen molar-refractivity contribution in [2.75, 3.05) is 12.3 Å². The van der Waals surface area contributed by atoms with Crippen molar-refractivity contribution in [3.05, 3.63) is 12.7 Å². The van der Waals surface area contributed by atoms with Crippen LogP contribution in [0.1, 0.15) is 19.1 Å². The quantitative estimate of drug-likeness (QED) is 0.468. The van der Waals surface area contributed by atoms with E-state index in [2.05, 4.69) is 27.2 Å². The first-order valence-electron chi connectivity index (χ1n) is 6.33. The van der Waals surface area contributed by atoms with Gasteiger partial charge in [0.2, 0.25) is 0 Å². The number of rotatable bonds is 4. The second kappa shape index (κ2) is 5.64. The molecule has 11 heteroatoms. The van der Waals surface area contributed by atoms with E-state index in [9.17, 15) is 0 Å². The maximum absolute atomic E-state index is 9.13. The predicted molar refractivity (Wildman–Crippen MR) is 80.6 cm³/mol. The first kappa shape index (κ1) is 14.9. The van der Waals surface area contributed by atoms with Crippen molar-refractivity contribution in [3.63, 3.8) is 0 Å². The van der Waals surface area contributed by atoms with Gasteiger partial charge in [-0.05, 0) is 0 Å². The van der Waals surface area contributed by atoms with E-state index in [1.165, 1.54) is 6.33 Å². The number of hydrogen-bond acceptors (Lipinski definition) is 9.